The number of amides is 1. The minimum Gasteiger partial charge on any atom is -0.481 e. The summed E-state index contributed by atoms with van der Waals surface area (Å²) in [7, 11) is 0. The van der Waals surface area contributed by atoms with E-state index in [2.05, 4.69) is 4.98 Å². The highest BCUT2D eigenvalue weighted by atomic mass is 16.4. The number of pyridine rings is 1. The lowest BCUT2D eigenvalue weighted by molar-refractivity contribution is -0.137. The summed E-state index contributed by atoms with van der Waals surface area (Å²) >= 11 is 0. The summed E-state index contributed by atoms with van der Waals surface area (Å²) in [6.45, 7) is 2.19. The molecule has 0 aliphatic carbocycles. The van der Waals surface area contributed by atoms with Crippen molar-refractivity contribution in [2.24, 2.45) is 0 Å². The zero-order chi connectivity index (χ0) is 12.8. The van der Waals surface area contributed by atoms with Gasteiger partial charge in [0.25, 0.3) is 5.91 Å². The Morgan fingerprint density at radius 2 is 2.18 bits per heavy atom. The average molecular weight is 238 g/mol. The van der Waals surface area contributed by atoms with Gasteiger partial charge in [0.15, 0.2) is 5.43 Å². The van der Waals surface area contributed by atoms with E-state index in [4.69, 9.17) is 5.11 Å². The van der Waals surface area contributed by atoms with Crippen LogP contribution in [0.25, 0.3) is 0 Å². The maximum absolute atomic E-state index is 11.9. The minimum absolute atomic E-state index is 0.0275. The second-order valence-electron chi connectivity index (χ2n) is 3.45. The lowest BCUT2D eigenvalue weighted by Crippen LogP contribution is -2.35. The Balaban J connectivity index is 2.83. The van der Waals surface area contributed by atoms with E-state index < -0.39 is 11.9 Å². The Kier molecular flexibility index (Phi) is 4.45. The topological polar surface area (TPSA) is 90.5 Å². The number of aliphatic carboxylic acids is 1. The van der Waals surface area contributed by atoms with Crippen LogP contribution in [0, 0.1) is 0 Å². The highest BCUT2D eigenvalue weighted by Crippen LogP contribution is 2.00. The molecular weight excluding hydrogens is 224 g/mol. The van der Waals surface area contributed by atoms with Crippen LogP contribution in [-0.2, 0) is 4.79 Å². The molecule has 1 aromatic rings. The number of H-pyrrole nitrogens is 1. The van der Waals surface area contributed by atoms with Crippen LogP contribution in [0.4, 0.5) is 0 Å². The van der Waals surface area contributed by atoms with Gasteiger partial charge in [0.1, 0.15) is 5.56 Å². The van der Waals surface area contributed by atoms with Crippen molar-refractivity contribution in [3.8, 4) is 0 Å². The highest BCUT2D eigenvalue weighted by molar-refractivity contribution is 5.93. The van der Waals surface area contributed by atoms with Crippen LogP contribution in [0.2, 0.25) is 0 Å². The summed E-state index contributed by atoms with van der Waals surface area (Å²) in [4.78, 5) is 37.8. The number of hydrogen-bond donors (Lipinski definition) is 2. The van der Waals surface area contributed by atoms with Crippen molar-refractivity contribution in [1.29, 1.82) is 0 Å². The number of rotatable bonds is 5. The number of nitrogens with one attached hydrogen (secondary N) is 1. The van der Waals surface area contributed by atoms with Crippen LogP contribution in [-0.4, -0.2) is 40.0 Å². The third kappa shape index (κ3) is 3.44. The van der Waals surface area contributed by atoms with Crippen LogP contribution in [0.1, 0.15) is 23.7 Å². The van der Waals surface area contributed by atoms with Crippen LogP contribution in [0.5, 0.6) is 0 Å². The largest absolute Gasteiger partial charge is 0.481 e. The molecule has 0 aliphatic rings. The molecule has 0 bridgehead atoms. The Morgan fingerprint density at radius 1 is 1.47 bits per heavy atom. The molecule has 0 spiro atoms. The van der Waals surface area contributed by atoms with Gasteiger partial charge in [-0.2, -0.15) is 0 Å². The van der Waals surface area contributed by atoms with E-state index in [0.717, 1.165) is 0 Å². The number of aromatic nitrogens is 1. The first kappa shape index (κ1) is 13.0. The zero-order valence-corrected chi connectivity index (χ0v) is 9.47. The van der Waals surface area contributed by atoms with Crippen LogP contribution < -0.4 is 5.43 Å². The number of nitrogens with zero attached hydrogens (tertiary/aromatic N) is 1. The normalized spacial score (nSPS) is 9.94. The third-order valence-electron chi connectivity index (χ3n) is 2.32. The van der Waals surface area contributed by atoms with Crippen molar-refractivity contribution in [2.45, 2.75) is 13.3 Å². The molecule has 6 nitrogen and oxygen atoms in total. The number of carboxylic acid groups (broad SMARTS) is 1. The van der Waals surface area contributed by atoms with Crippen molar-refractivity contribution in [3.63, 3.8) is 0 Å². The van der Waals surface area contributed by atoms with E-state index in [9.17, 15) is 14.4 Å². The second-order valence-corrected chi connectivity index (χ2v) is 3.45. The van der Waals surface area contributed by atoms with E-state index in [1.165, 1.54) is 23.4 Å². The lowest BCUT2D eigenvalue weighted by Gasteiger charge is -2.19. The van der Waals surface area contributed by atoms with Gasteiger partial charge in [-0.05, 0) is 6.92 Å². The van der Waals surface area contributed by atoms with Crippen LogP contribution in [0.15, 0.2) is 23.3 Å². The molecular formula is C11H14N2O4. The van der Waals surface area contributed by atoms with Crippen LogP contribution in [0.3, 0.4) is 0 Å². The molecule has 2 N–H and O–H groups in total. The van der Waals surface area contributed by atoms with Crippen molar-refractivity contribution < 1.29 is 14.7 Å². The number of carbonyl (C=O) groups is 2. The monoisotopic (exact) mass is 238 g/mol. The summed E-state index contributed by atoms with van der Waals surface area (Å²) in [6.07, 6.45) is 2.63. The molecule has 0 atom stereocenters. The molecule has 17 heavy (non-hydrogen) atoms. The van der Waals surface area contributed by atoms with Gasteiger partial charge >= 0.3 is 5.97 Å². The van der Waals surface area contributed by atoms with Gasteiger partial charge in [-0.1, -0.05) is 0 Å². The highest BCUT2D eigenvalue weighted by Gasteiger charge is 2.17. The second kappa shape index (κ2) is 5.83. The summed E-state index contributed by atoms with van der Waals surface area (Å²) in [5, 5.41) is 8.56. The number of aromatic amines is 1. The van der Waals surface area contributed by atoms with Gasteiger partial charge in [-0.3, -0.25) is 14.4 Å². The molecule has 0 saturated heterocycles. The first-order valence-electron chi connectivity index (χ1n) is 5.24. The van der Waals surface area contributed by atoms with E-state index in [1.54, 1.807) is 6.92 Å². The first-order chi connectivity index (χ1) is 8.06. The standard InChI is InChI=1S/C11H14N2O4/c1-2-13(6-4-10(15)16)11(17)8-7-12-5-3-9(8)14/h3,5,7H,2,4,6H2,1H3,(H,12,14)(H,15,16). The van der Waals surface area contributed by atoms with Gasteiger partial charge in [0.05, 0.1) is 6.42 Å². The van der Waals surface area contributed by atoms with Gasteiger partial charge in [0.2, 0.25) is 0 Å². The van der Waals surface area contributed by atoms with Crippen molar-refractivity contribution in [1.82, 2.24) is 9.88 Å². The van der Waals surface area contributed by atoms with Gasteiger partial charge < -0.3 is 15.0 Å². The smallest absolute Gasteiger partial charge is 0.305 e. The third-order valence-corrected chi connectivity index (χ3v) is 2.32. The van der Waals surface area contributed by atoms with Crippen LogP contribution >= 0.6 is 0 Å². The van der Waals surface area contributed by atoms with Gasteiger partial charge in [-0.15, -0.1) is 0 Å². The molecule has 0 saturated carbocycles. The summed E-state index contributed by atoms with van der Waals surface area (Å²) in [5.41, 5.74) is -0.345. The SMILES string of the molecule is CCN(CCC(=O)O)C(=O)c1c[nH]ccc1=O. The van der Waals surface area contributed by atoms with Crippen molar-refractivity contribution in [3.05, 3.63) is 34.2 Å². The molecule has 0 fully saturated rings. The number of carboxylic acids is 1. The Hall–Kier alpha value is -2.11. The molecule has 0 unspecified atom stereocenters. The molecule has 0 radical (unpaired) electrons. The van der Waals surface area contributed by atoms with Gasteiger partial charge in [0, 0.05) is 31.5 Å². The molecule has 0 aliphatic heterocycles. The van der Waals surface area contributed by atoms with E-state index >= 15 is 0 Å². The van der Waals surface area contributed by atoms with E-state index in [1.807, 2.05) is 0 Å². The van der Waals surface area contributed by atoms with Gasteiger partial charge in [-0.25, -0.2) is 0 Å². The molecule has 1 rings (SSSR count). The number of hydrogen-bond acceptors (Lipinski definition) is 3. The first-order valence-corrected chi connectivity index (χ1v) is 5.24. The fourth-order valence-electron chi connectivity index (χ4n) is 1.39. The summed E-state index contributed by atoms with van der Waals surface area (Å²) < 4.78 is 0. The maximum Gasteiger partial charge on any atom is 0.305 e. The van der Waals surface area contributed by atoms with E-state index in [-0.39, 0.29) is 24.0 Å². The quantitative estimate of drug-likeness (QED) is 0.772. The van der Waals surface area contributed by atoms with Crippen molar-refractivity contribution >= 4 is 11.9 Å². The number of carbonyl (C=O) groups excluding carboxylic acids is 1. The molecule has 1 amide bonds. The molecule has 1 heterocycles. The summed E-state index contributed by atoms with van der Waals surface area (Å²) in [6, 6.07) is 1.26. The molecule has 1 aromatic heterocycles. The lowest BCUT2D eigenvalue weighted by atomic mass is 10.2. The Bertz CT molecular complexity index is 467. The average Bonchev–Trinajstić information content (AvgIpc) is 2.29. The minimum atomic E-state index is -0.974. The predicted molar refractivity (Wildman–Crippen MR) is 60.9 cm³/mol. The molecule has 0 aromatic carbocycles. The fraction of sp³-hybridized carbons (Fsp3) is 0.364. The molecule has 92 valence electrons. The van der Waals surface area contributed by atoms with Crippen molar-refractivity contribution in [2.75, 3.05) is 13.1 Å². The predicted octanol–water partition coefficient (Wildman–Crippen LogP) is 0.312. The maximum atomic E-state index is 11.9. The summed E-state index contributed by atoms with van der Waals surface area (Å²) in [5.74, 6) is -1.42. The Morgan fingerprint density at radius 3 is 2.71 bits per heavy atom. The fourth-order valence-corrected chi connectivity index (χ4v) is 1.39. The Labute approximate surface area is 97.9 Å². The van der Waals surface area contributed by atoms with E-state index in [0.29, 0.717) is 6.54 Å². The zero-order valence-electron chi connectivity index (χ0n) is 9.47. The molecule has 6 heteroatoms.